The molecule has 0 spiro atoms. The van der Waals surface area contributed by atoms with Gasteiger partial charge in [0, 0.05) is 6.61 Å². The standard InChI is InChI=1S/C19H25N5O7/c1-3-30-19(26)23(12-13-7-6-8-14(11-13)29-2)17-15(24(27)28)16(20)21-18(22-17)31-10-5-4-9-25/h6-8,11,25H,3-5,9-10,12H2,1-2H3,(H2,20,21,22). The van der Waals surface area contributed by atoms with Crippen LogP contribution in [0.2, 0.25) is 0 Å². The first kappa shape index (κ1) is 23.6. The highest BCUT2D eigenvalue weighted by molar-refractivity contribution is 5.90. The minimum Gasteiger partial charge on any atom is -0.497 e. The first-order chi connectivity index (χ1) is 14.9. The fourth-order valence-corrected chi connectivity index (χ4v) is 2.63. The second kappa shape index (κ2) is 11.5. The van der Waals surface area contributed by atoms with Gasteiger partial charge in [0.2, 0.25) is 11.6 Å². The molecule has 2 rings (SSSR count). The van der Waals surface area contributed by atoms with E-state index in [1.807, 2.05) is 0 Å². The number of unbranched alkanes of at least 4 members (excludes halogenated alkanes) is 1. The molecule has 0 unspecified atom stereocenters. The Morgan fingerprint density at radius 1 is 1.32 bits per heavy atom. The fraction of sp³-hybridized carbons (Fsp3) is 0.421. The fourth-order valence-electron chi connectivity index (χ4n) is 2.63. The van der Waals surface area contributed by atoms with Crippen molar-refractivity contribution in [2.24, 2.45) is 0 Å². The van der Waals surface area contributed by atoms with Crippen LogP contribution in [0.1, 0.15) is 25.3 Å². The third-order valence-electron chi connectivity index (χ3n) is 4.06. The molecule has 0 fully saturated rings. The van der Waals surface area contributed by atoms with Crippen molar-refractivity contribution in [3.05, 3.63) is 39.9 Å². The summed E-state index contributed by atoms with van der Waals surface area (Å²) < 4.78 is 15.7. The summed E-state index contributed by atoms with van der Waals surface area (Å²) in [5, 5.41) is 20.5. The summed E-state index contributed by atoms with van der Waals surface area (Å²) in [6, 6.07) is 6.61. The zero-order chi connectivity index (χ0) is 22.8. The van der Waals surface area contributed by atoms with Crippen LogP contribution in [0.3, 0.4) is 0 Å². The van der Waals surface area contributed by atoms with Crippen LogP contribution >= 0.6 is 0 Å². The van der Waals surface area contributed by atoms with E-state index in [0.29, 0.717) is 24.2 Å². The molecule has 1 aromatic heterocycles. The molecular formula is C19H25N5O7. The van der Waals surface area contributed by atoms with Gasteiger partial charge in [-0.2, -0.15) is 9.97 Å². The van der Waals surface area contributed by atoms with Crippen molar-refractivity contribution >= 4 is 23.4 Å². The third-order valence-corrected chi connectivity index (χ3v) is 4.06. The highest BCUT2D eigenvalue weighted by Gasteiger charge is 2.32. The van der Waals surface area contributed by atoms with E-state index in [2.05, 4.69) is 9.97 Å². The molecule has 1 amide bonds. The lowest BCUT2D eigenvalue weighted by molar-refractivity contribution is -0.383. The van der Waals surface area contributed by atoms with Gasteiger partial charge in [-0.1, -0.05) is 12.1 Å². The van der Waals surface area contributed by atoms with E-state index in [1.54, 1.807) is 31.2 Å². The van der Waals surface area contributed by atoms with Gasteiger partial charge in [0.1, 0.15) is 5.75 Å². The number of carbonyl (C=O) groups excluding carboxylic acids is 1. The summed E-state index contributed by atoms with van der Waals surface area (Å²) >= 11 is 0. The molecule has 3 N–H and O–H groups in total. The number of nitro groups is 1. The van der Waals surface area contributed by atoms with E-state index in [4.69, 9.17) is 25.1 Å². The lowest BCUT2D eigenvalue weighted by atomic mass is 10.2. The van der Waals surface area contributed by atoms with E-state index in [-0.39, 0.29) is 38.2 Å². The monoisotopic (exact) mass is 435 g/mol. The smallest absolute Gasteiger partial charge is 0.415 e. The molecule has 0 radical (unpaired) electrons. The number of nitrogens with zero attached hydrogens (tertiary/aromatic N) is 4. The number of ether oxygens (including phenoxy) is 3. The average Bonchev–Trinajstić information content (AvgIpc) is 2.74. The Kier molecular flexibility index (Phi) is 8.76. The van der Waals surface area contributed by atoms with Crippen LogP contribution in [-0.2, 0) is 11.3 Å². The van der Waals surface area contributed by atoms with E-state index in [9.17, 15) is 14.9 Å². The molecule has 12 nitrogen and oxygen atoms in total. The highest BCUT2D eigenvalue weighted by atomic mass is 16.6. The Hall–Kier alpha value is -3.67. The van der Waals surface area contributed by atoms with Crippen molar-refractivity contribution in [3.63, 3.8) is 0 Å². The molecule has 0 aliphatic rings. The van der Waals surface area contributed by atoms with E-state index in [1.165, 1.54) is 7.11 Å². The number of methoxy groups -OCH3 is 1. The summed E-state index contributed by atoms with van der Waals surface area (Å²) in [5.41, 5.74) is 5.77. The summed E-state index contributed by atoms with van der Waals surface area (Å²) in [5.74, 6) is -0.256. The van der Waals surface area contributed by atoms with Crippen LogP contribution in [0.25, 0.3) is 0 Å². The molecule has 31 heavy (non-hydrogen) atoms. The van der Waals surface area contributed by atoms with Gasteiger partial charge >= 0.3 is 17.8 Å². The summed E-state index contributed by atoms with van der Waals surface area (Å²) in [4.78, 5) is 32.5. The highest BCUT2D eigenvalue weighted by Crippen LogP contribution is 2.34. The first-order valence-corrected chi connectivity index (χ1v) is 9.54. The molecule has 0 saturated heterocycles. The molecule has 1 heterocycles. The van der Waals surface area contributed by atoms with E-state index >= 15 is 0 Å². The van der Waals surface area contributed by atoms with Crippen LogP contribution in [-0.4, -0.2) is 53.0 Å². The third kappa shape index (κ3) is 6.40. The van der Waals surface area contributed by atoms with Crippen molar-refractivity contribution in [2.45, 2.75) is 26.3 Å². The summed E-state index contributed by atoms with van der Waals surface area (Å²) in [6.45, 7) is 1.71. The number of anilines is 2. The van der Waals surface area contributed by atoms with Crippen molar-refractivity contribution in [1.29, 1.82) is 0 Å². The Morgan fingerprint density at radius 2 is 2.10 bits per heavy atom. The lowest BCUT2D eigenvalue weighted by Gasteiger charge is -2.21. The largest absolute Gasteiger partial charge is 0.497 e. The minimum atomic E-state index is -0.849. The van der Waals surface area contributed by atoms with Gasteiger partial charge in [0.05, 0.1) is 31.8 Å². The number of aliphatic hydroxyl groups excluding tert-OH is 1. The molecule has 0 saturated carbocycles. The quantitative estimate of drug-likeness (QED) is 0.304. The number of aliphatic hydroxyl groups is 1. The SMILES string of the molecule is CCOC(=O)N(Cc1cccc(OC)c1)c1nc(OCCCCO)nc(N)c1[N+](=O)[O-]. The summed E-state index contributed by atoms with van der Waals surface area (Å²) in [6.07, 6.45) is 0.162. The average molecular weight is 435 g/mol. The second-order valence-corrected chi connectivity index (χ2v) is 6.24. The number of benzene rings is 1. The topological polar surface area (TPSA) is 163 Å². The molecular weight excluding hydrogens is 410 g/mol. The molecule has 0 bridgehead atoms. The zero-order valence-electron chi connectivity index (χ0n) is 17.3. The normalized spacial score (nSPS) is 10.4. The molecule has 1 aromatic carbocycles. The van der Waals surface area contributed by atoms with Gasteiger partial charge in [-0.15, -0.1) is 0 Å². The number of amides is 1. The van der Waals surface area contributed by atoms with Crippen molar-refractivity contribution in [3.8, 4) is 11.8 Å². The van der Waals surface area contributed by atoms with Crippen LogP contribution in [0.4, 0.5) is 22.1 Å². The maximum Gasteiger partial charge on any atom is 0.415 e. The number of nitrogens with two attached hydrogens (primary N) is 1. The maximum absolute atomic E-state index is 12.7. The van der Waals surface area contributed by atoms with Gasteiger partial charge < -0.3 is 25.1 Å². The van der Waals surface area contributed by atoms with Crippen LogP contribution in [0.5, 0.6) is 11.8 Å². The van der Waals surface area contributed by atoms with E-state index in [0.717, 1.165) is 4.90 Å². The van der Waals surface area contributed by atoms with Gasteiger partial charge in [-0.25, -0.2) is 4.79 Å². The number of hydrogen-bond acceptors (Lipinski definition) is 10. The van der Waals surface area contributed by atoms with Crippen LogP contribution < -0.4 is 20.1 Å². The Labute approximate surface area is 178 Å². The zero-order valence-corrected chi connectivity index (χ0v) is 17.3. The van der Waals surface area contributed by atoms with Crippen LogP contribution in [0, 0.1) is 10.1 Å². The number of hydrogen-bond donors (Lipinski definition) is 2. The van der Waals surface area contributed by atoms with E-state index < -0.39 is 22.5 Å². The molecule has 12 heteroatoms. The van der Waals surface area contributed by atoms with Crippen molar-refractivity contribution in [2.75, 3.05) is 37.6 Å². The maximum atomic E-state index is 12.7. The Balaban J connectivity index is 2.49. The van der Waals surface area contributed by atoms with Crippen molar-refractivity contribution < 1.29 is 29.0 Å². The minimum absolute atomic E-state index is 0.00492. The first-order valence-electron chi connectivity index (χ1n) is 9.54. The Morgan fingerprint density at radius 3 is 2.74 bits per heavy atom. The molecule has 168 valence electrons. The lowest BCUT2D eigenvalue weighted by Crippen LogP contribution is -2.33. The van der Waals surface area contributed by atoms with Gasteiger partial charge in [-0.3, -0.25) is 15.0 Å². The van der Waals surface area contributed by atoms with Crippen LogP contribution in [0.15, 0.2) is 24.3 Å². The molecule has 0 atom stereocenters. The van der Waals surface area contributed by atoms with Crippen molar-refractivity contribution in [1.82, 2.24) is 9.97 Å². The summed E-state index contributed by atoms with van der Waals surface area (Å²) in [7, 11) is 1.50. The van der Waals surface area contributed by atoms with Gasteiger partial charge in [0.15, 0.2) is 0 Å². The molecule has 0 aliphatic heterocycles. The number of nitrogen functional groups attached to an aromatic ring is 1. The number of rotatable bonds is 11. The Bertz CT molecular complexity index is 909. The number of carbonyl (C=O) groups is 1. The van der Waals surface area contributed by atoms with Gasteiger partial charge in [-0.05, 0) is 37.5 Å². The molecule has 0 aliphatic carbocycles. The van der Waals surface area contributed by atoms with Gasteiger partial charge in [0.25, 0.3) is 0 Å². The predicted octanol–water partition coefficient (Wildman–Crippen LogP) is 2.29. The second-order valence-electron chi connectivity index (χ2n) is 6.24. The molecule has 2 aromatic rings. The number of aromatic nitrogens is 2. The predicted molar refractivity (Wildman–Crippen MR) is 111 cm³/mol.